The first-order chi connectivity index (χ1) is 15.5. The predicted molar refractivity (Wildman–Crippen MR) is 120 cm³/mol. The second-order valence-electron chi connectivity index (χ2n) is 9.92. The smallest absolute Gasteiger partial charge is 0.271 e. The van der Waals surface area contributed by atoms with Gasteiger partial charge in [-0.2, -0.15) is 0 Å². The Morgan fingerprint density at radius 3 is 2.62 bits per heavy atom. The van der Waals surface area contributed by atoms with E-state index in [0.717, 1.165) is 50.8 Å². The summed E-state index contributed by atoms with van der Waals surface area (Å²) in [7, 11) is 0. The number of carbonyl (C=O) groups is 2. The van der Waals surface area contributed by atoms with Gasteiger partial charge in [0.2, 0.25) is 5.91 Å². The lowest BCUT2D eigenvalue weighted by atomic mass is 9.86. The third-order valence-electron chi connectivity index (χ3n) is 7.53. The van der Waals surface area contributed by atoms with Gasteiger partial charge < -0.3 is 23.9 Å². The molecule has 0 spiro atoms. The van der Waals surface area contributed by atoms with Crippen molar-refractivity contribution >= 4 is 11.8 Å². The number of nitrogens with one attached hydrogen (secondary N) is 1. The molecule has 3 aliphatic rings. The lowest BCUT2D eigenvalue weighted by Crippen LogP contribution is -2.66. The zero-order chi connectivity index (χ0) is 22.3. The molecule has 2 aromatic rings. The summed E-state index contributed by atoms with van der Waals surface area (Å²) in [5.41, 5.74) is 0.409. The van der Waals surface area contributed by atoms with Crippen molar-refractivity contribution in [2.24, 2.45) is 5.92 Å². The average molecular weight is 440 g/mol. The first-order valence-corrected chi connectivity index (χ1v) is 11.9. The monoisotopic (exact) mass is 439 g/mol. The number of hydrogen-bond donors (Lipinski definition) is 1. The SMILES string of the molecule is CC1CCC(NC(=O)C2(C)Cn3c(ccc3-c3ccco3)C(=O)N2CC2CCCO2)CC1. The maximum Gasteiger partial charge on any atom is 0.271 e. The van der Waals surface area contributed by atoms with E-state index in [-0.39, 0.29) is 24.0 Å². The van der Waals surface area contributed by atoms with Crippen molar-refractivity contribution in [1.29, 1.82) is 0 Å². The Balaban J connectivity index is 1.46. The van der Waals surface area contributed by atoms with Crippen LogP contribution >= 0.6 is 0 Å². The van der Waals surface area contributed by atoms with Gasteiger partial charge in [0.15, 0.2) is 0 Å². The fraction of sp³-hybridized carbons (Fsp3) is 0.600. The van der Waals surface area contributed by atoms with Crippen molar-refractivity contribution in [3.05, 3.63) is 36.2 Å². The largest absolute Gasteiger partial charge is 0.463 e. The molecule has 172 valence electrons. The number of hydrogen-bond acceptors (Lipinski definition) is 4. The number of rotatable bonds is 5. The molecule has 5 rings (SSSR count). The van der Waals surface area contributed by atoms with Gasteiger partial charge in [-0.3, -0.25) is 9.59 Å². The Hall–Kier alpha value is -2.54. The molecule has 2 amide bonds. The summed E-state index contributed by atoms with van der Waals surface area (Å²) in [4.78, 5) is 29.2. The van der Waals surface area contributed by atoms with Crippen LogP contribution in [0.15, 0.2) is 34.9 Å². The molecule has 0 radical (unpaired) electrons. The van der Waals surface area contributed by atoms with Crippen molar-refractivity contribution in [2.45, 2.75) is 76.6 Å². The van der Waals surface area contributed by atoms with Crippen molar-refractivity contribution < 1.29 is 18.7 Å². The summed E-state index contributed by atoms with van der Waals surface area (Å²) in [6.45, 7) is 5.71. The third-order valence-corrected chi connectivity index (χ3v) is 7.53. The Bertz CT molecular complexity index is 967. The molecule has 2 aromatic heterocycles. The molecule has 32 heavy (non-hydrogen) atoms. The molecule has 1 saturated carbocycles. The number of amides is 2. The highest BCUT2D eigenvalue weighted by Gasteiger charge is 2.49. The van der Waals surface area contributed by atoms with E-state index in [1.165, 1.54) is 0 Å². The molecule has 2 fully saturated rings. The van der Waals surface area contributed by atoms with Gasteiger partial charge in [0, 0.05) is 19.2 Å². The fourth-order valence-electron chi connectivity index (χ4n) is 5.44. The topological polar surface area (TPSA) is 76.7 Å². The van der Waals surface area contributed by atoms with Crippen LogP contribution in [0.4, 0.5) is 0 Å². The molecule has 2 aliphatic heterocycles. The van der Waals surface area contributed by atoms with Gasteiger partial charge in [-0.25, -0.2) is 0 Å². The van der Waals surface area contributed by atoms with Gasteiger partial charge in [-0.15, -0.1) is 0 Å². The van der Waals surface area contributed by atoms with Crippen LogP contribution in [0.2, 0.25) is 0 Å². The molecule has 7 heteroatoms. The van der Waals surface area contributed by atoms with Crippen LogP contribution < -0.4 is 5.32 Å². The van der Waals surface area contributed by atoms with Crippen molar-refractivity contribution in [3.8, 4) is 11.5 Å². The Morgan fingerprint density at radius 2 is 1.94 bits per heavy atom. The highest BCUT2D eigenvalue weighted by molar-refractivity contribution is 6.00. The Morgan fingerprint density at radius 1 is 1.16 bits per heavy atom. The zero-order valence-electron chi connectivity index (χ0n) is 19.0. The highest BCUT2D eigenvalue weighted by Crippen LogP contribution is 2.35. The molecular weight excluding hydrogens is 406 g/mol. The van der Waals surface area contributed by atoms with Gasteiger partial charge in [0.1, 0.15) is 17.0 Å². The van der Waals surface area contributed by atoms with Crippen LogP contribution in [-0.4, -0.2) is 52.1 Å². The lowest BCUT2D eigenvalue weighted by molar-refractivity contribution is -0.134. The van der Waals surface area contributed by atoms with Crippen molar-refractivity contribution in [2.75, 3.05) is 13.2 Å². The molecule has 0 bridgehead atoms. The van der Waals surface area contributed by atoms with Crippen LogP contribution in [0.3, 0.4) is 0 Å². The molecule has 2 unspecified atom stereocenters. The molecule has 1 N–H and O–H groups in total. The second kappa shape index (κ2) is 8.43. The summed E-state index contributed by atoms with van der Waals surface area (Å²) in [5, 5.41) is 3.29. The van der Waals surface area contributed by atoms with Gasteiger partial charge in [0.25, 0.3) is 5.91 Å². The maximum absolute atomic E-state index is 13.7. The van der Waals surface area contributed by atoms with E-state index in [1.807, 2.05) is 35.8 Å². The second-order valence-corrected chi connectivity index (χ2v) is 9.92. The normalized spacial score (nSPS) is 30.4. The third kappa shape index (κ3) is 3.76. The maximum atomic E-state index is 13.7. The Kier molecular flexibility index (Phi) is 5.61. The molecule has 1 saturated heterocycles. The van der Waals surface area contributed by atoms with Gasteiger partial charge in [-0.1, -0.05) is 6.92 Å². The predicted octanol–water partition coefficient (Wildman–Crippen LogP) is 3.84. The van der Waals surface area contributed by atoms with E-state index >= 15 is 0 Å². The number of carbonyl (C=O) groups excluding carboxylic acids is 2. The van der Waals surface area contributed by atoms with E-state index in [0.29, 0.717) is 30.5 Å². The van der Waals surface area contributed by atoms with E-state index in [2.05, 4.69) is 12.2 Å². The molecular formula is C25H33N3O4. The van der Waals surface area contributed by atoms with E-state index in [9.17, 15) is 9.59 Å². The van der Waals surface area contributed by atoms with Crippen molar-refractivity contribution in [1.82, 2.24) is 14.8 Å². The van der Waals surface area contributed by atoms with Crippen LogP contribution in [0.5, 0.6) is 0 Å². The number of furan rings is 1. The highest BCUT2D eigenvalue weighted by atomic mass is 16.5. The minimum absolute atomic E-state index is 0.0207. The molecule has 0 aromatic carbocycles. The standard InChI is InChI=1S/C25H33N3O4/c1-17-7-9-18(10-8-17)26-24(30)25(2)16-27-20(22-6-4-14-32-22)11-12-21(27)23(29)28(25)15-19-5-3-13-31-19/h4,6,11-12,14,17-19H,3,5,7-10,13,15-16H2,1-2H3,(H,26,30). The zero-order valence-corrected chi connectivity index (χ0v) is 19.0. The minimum atomic E-state index is -1.00. The van der Waals surface area contributed by atoms with E-state index in [1.54, 1.807) is 11.2 Å². The first kappa shape index (κ1) is 21.3. The fourth-order valence-corrected chi connectivity index (χ4v) is 5.44. The number of ether oxygens (including phenoxy) is 1. The summed E-state index contributed by atoms with van der Waals surface area (Å²) >= 11 is 0. The first-order valence-electron chi connectivity index (χ1n) is 11.9. The van der Waals surface area contributed by atoms with Gasteiger partial charge in [-0.05, 0) is 75.6 Å². The van der Waals surface area contributed by atoms with Crippen LogP contribution in [-0.2, 0) is 16.1 Å². The lowest BCUT2D eigenvalue weighted by Gasteiger charge is -2.45. The average Bonchev–Trinajstić information content (AvgIpc) is 3.54. The molecule has 2 atom stereocenters. The molecule has 7 nitrogen and oxygen atoms in total. The molecule has 4 heterocycles. The number of aromatic nitrogens is 1. The van der Waals surface area contributed by atoms with E-state index < -0.39 is 5.54 Å². The van der Waals surface area contributed by atoms with Crippen LogP contribution in [0.25, 0.3) is 11.5 Å². The minimum Gasteiger partial charge on any atom is -0.463 e. The quantitative estimate of drug-likeness (QED) is 0.768. The summed E-state index contributed by atoms with van der Waals surface area (Å²) in [6.07, 6.45) is 7.77. The Labute approximate surface area is 189 Å². The van der Waals surface area contributed by atoms with Crippen LogP contribution in [0, 0.1) is 5.92 Å². The molecule has 1 aliphatic carbocycles. The number of nitrogens with zero attached hydrogens (tertiary/aromatic N) is 2. The summed E-state index contributed by atoms with van der Waals surface area (Å²) in [5.74, 6) is 1.21. The number of fused-ring (bicyclic) bond motifs is 1. The van der Waals surface area contributed by atoms with Crippen molar-refractivity contribution in [3.63, 3.8) is 0 Å². The summed E-state index contributed by atoms with van der Waals surface area (Å²) < 4.78 is 13.4. The summed E-state index contributed by atoms with van der Waals surface area (Å²) in [6, 6.07) is 7.63. The van der Waals surface area contributed by atoms with Crippen LogP contribution in [0.1, 0.15) is 62.9 Å². The van der Waals surface area contributed by atoms with Gasteiger partial charge >= 0.3 is 0 Å². The van der Waals surface area contributed by atoms with Gasteiger partial charge in [0.05, 0.1) is 24.6 Å². The van der Waals surface area contributed by atoms with E-state index in [4.69, 9.17) is 9.15 Å².